The standard InChI is InChI=1S/C9H10N4O/c1-5-4-7(12-11-5)9-10-8(13-14-9)6-2-3-6/h4,6H,2-3H2,1H3,(H,11,12). The first-order chi connectivity index (χ1) is 6.83. The van der Waals surface area contributed by atoms with Gasteiger partial charge < -0.3 is 4.52 Å². The third kappa shape index (κ3) is 1.21. The molecule has 0 amide bonds. The van der Waals surface area contributed by atoms with Crippen molar-refractivity contribution in [1.82, 2.24) is 20.3 Å². The molecule has 0 spiro atoms. The van der Waals surface area contributed by atoms with E-state index < -0.39 is 0 Å². The normalized spacial score (nSPS) is 16.1. The Morgan fingerprint density at radius 1 is 1.50 bits per heavy atom. The van der Waals surface area contributed by atoms with Crippen molar-refractivity contribution in [2.24, 2.45) is 0 Å². The van der Waals surface area contributed by atoms with E-state index in [2.05, 4.69) is 20.3 Å². The second-order valence-electron chi connectivity index (χ2n) is 3.67. The average Bonchev–Trinajstić information content (AvgIpc) is 2.76. The topological polar surface area (TPSA) is 67.6 Å². The molecular weight excluding hydrogens is 180 g/mol. The fraction of sp³-hybridized carbons (Fsp3) is 0.444. The second kappa shape index (κ2) is 2.67. The summed E-state index contributed by atoms with van der Waals surface area (Å²) in [4.78, 5) is 4.30. The van der Waals surface area contributed by atoms with Crippen LogP contribution in [0.15, 0.2) is 10.6 Å². The first kappa shape index (κ1) is 7.73. The Hall–Kier alpha value is -1.65. The van der Waals surface area contributed by atoms with Crippen LogP contribution in [-0.4, -0.2) is 20.3 Å². The van der Waals surface area contributed by atoms with Gasteiger partial charge >= 0.3 is 0 Å². The molecule has 1 aliphatic rings. The summed E-state index contributed by atoms with van der Waals surface area (Å²) in [5, 5.41) is 10.8. The number of nitrogens with one attached hydrogen (secondary N) is 1. The SMILES string of the molecule is Cc1cc(-c2nc(C3CC3)no2)n[nH]1. The minimum Gasteiger partial charge on any atom is -0.332 e. The molecule has 0 atom stereocenters. The van der Waals surface area contributed by atoms with Crippen LogP contribution in [0.1, 0.15) is 30.3 Å². The van der Waals surface area contributed by atoms with E-state index in [1.807, 2.05) is 13.0 Å². The summed E-state index contributed by atoms with van der Waals surface area (Å²) in [5.41, 5.74) is 1.72. The molecule has 5 nitrogen and oxygen atoms in total. The van der Waals surface area contributed by atoms with Gasteiger partial charge in [-0.3, -0.25) is 5.10 Å². The lowest BCUT2D eigenvalue weighted by Gasteiger charge is -1.81. The second-order valence-corrected chi connectivity index (χ2v) is 3.67. The lowest BCUT2D eigenvalue weighted by molar-refractivity contribution is 0.421. The predicted molar refractivity (Wildman–Crippen MR) is 48.6 cm³/mol. The Balaban J connectivity index is 1.95. The van der Waals surface area contributed by atoms with Crippen molar-refractivity contribution >= 4 is 0 Å². The molecule has 1 aliphatic carbocycles. The molecule has 1 saturated carbocycles. The van der Waals surface area contributed by atoms with Gasteiger partial charge in [-0.05, 0) is 25.8 Å². The number of hydrogen-bond acceptors (Lipinski definition) is 4. The molecule has 5 heteroatoms. The van der Waals surface area contributed by atoms with Crippen LogP contribution in [0.25, 0.3) is 11.6 Å². The highest BCUT2D eigenvalue weighted by molar-refractivity contribution is 5.46. The van der Waals surface area contributed by atoms with Gasteiger partial charge in [-0.2, -0.15) is 10.1 Å². The van der Waals surface area contributed by atoms with Crippen LogP contribution in [-0.2, 0) is 0 Å². The zero-order chi connectivity index (χ0) is 9.54. The molecule has 2 heterocycles. The fourth-order valence-electron chi connectivity index (χ4n) is 1.37. The van der Waals surface area contributed by atoms with Gasteiger partial charge in [0.15, 0.2) is 11.5 Å². The Morgan fingerprint density at radius 3 is 3.00 bits per heavy atom. The van der Waals surface area contributed by atoms with Crippen molar-refractivity contribution < 1.29 is 4.52 Å². The van der Waals surface area contributed by atoms with Gasteiger partial charge in [0.05, 0.1) is 0 Å². The molecule has 2 aromatic rings. The highest BCUT2D eigenvalue weighted by atomic mass is 16.5. The van der Waals surface area contributed by atoms with Crippen LogP contribution < -0.4 is 0 Å². The van der Waals surface area contributed by atoms with Crippen molar-refractivity contribution in [1.29, 1.82) is 0 Å². The third-order valence-corrected chi connectivity index (χ3v) is 2.31. The van der Waals surface area contributed by atoms with Gasteiger partial charge in [0.2, 0.25) is 0 Å². The van der Waals surface area contributed by atoms with Gasteiger partial charge in [0, 0.05) is 11.6 Å². The van der Waals surface area contributed by atoms with Crippen LogP contribution in [0.4, 0.5) is 0 Å². The molecule has 0 aliphatic heterocycles. The number of rotatable bonds is 2. The summed E-state index contributed by atoms with van der Waals surface area (Å²) in [6.45, 7) is 1.94. The average molecular weight is 190 g/mol. The number of nitrogens with zero attached hydrogens (tertiary/aromatic N) is 3. The summed E-state index contributed by atoms with van der Waals surface area (Å²) >= 11 is 0. The number of aromatic amines is 1. The summed E-state index contributed by atoms with van der Waals surface area (Å²) in [6.07, 6.45) is 2.36. The van der Waals surface area contributed by atoms with Crippen molar-refractivity contribution in [3.05, 3.63) is 17.6 Å². The zero-order valence-electron chi connectivity index (χ0n) is 7.82. The molecular formula is C9H10N4O. The molecule has 72 valence electrons. The minimum absolute atomic E-state index is 0.510. The van der Waals surface area contributed by atoms with E-state index >= 15 is 0 Å². The molecule has 1 fully saturated rings. The summed E-state index contributed by atoms with van der Waals surface area (Å²) < 4.78 is 5.12. The monoisotopic (exact) mass is 190 g/mol. The molecule has 0 aromatic carbocycles. The number of aryl methyl sites for hydroxylation is 1. The molecule has 0 saturated heterocycles. The van der Waals surface area contributed by atoms with E-state index in [1.165, 1.54) is 12.8 Å². The maximum Gasteiger partial charge on any atom is 0.278 e. The molecule has 1 N–H and O–H groups in total. The van der Waals surface area contributed by atoms with E-state index in [9.17, 15) is 0 Å². The Morgan fingerprint density at radius 2 is 2.36 bits per heavy atom. The molecule has 14 heavy (non-hydrogen) atoms. The number of H-pyrrole nitrogens is 1. The predicted octanol–water partition coefficient (Wildman–Crippen LogP) is 1.65. The molecule has 0 radical (unpaired) electrons. The van der Waals surface area contributed by atoms with E-state index in [1.54, 1.807) is 0 Å². The third-order valence-electron chi connectivity index (χ3n) is 2.31. The smallest absolute Gasteiger partial charge is 0.278 e. The first-order valence-electron chi connectivity index (χ1n) is 4.69. The summed E-state index contributed by atoms with van der Waals surface area (Å²) in [6, 6.07) is 1.89. The lowest BCUT2D eigenvalue weighted by atomic mass is 10.3. The quantitative estimate of drug-likeness (QED) is 0.781. The largest absolute Gasteiger partial charge is 0.332 e. The van der Waals surface area contributed by atoms with Crippen LogP contribution >= 0.6 is 0 Å². The van der Waals surface area contributed by atoms with Crippen molar-refractivity contribution in [2.45, 2.75) is 25.7 Å². The van der Waals surface area contributed by atoms with E-state index in [4.69, 9.17) is 4.52 Å². The molecule has 2 aromatic heterocycles. The fourth-order valence-corrected chi connectivity index (χ4v) is 1.37. The van der Waals surface area contributed by atoms with E-state index in [-0.39, 0.29) is 0 Å². The van der Waals surface area contributed by atoms with Crippen LogP contribution in [0.3, 0.4) is 0 Å². The van der Waals surface area contributed by atoms with Crippen molar-refractivity contribution in [3.63, 3.8) is 0 Å². The Kier molecular flexibility index (Phi) is 1.47. The minimum atomic E-state index is 0.510. The Bertz CT molecular complexity index is 455. The summed E-state index contributed by atoms with van der Waals surface area (Å²) in [7, 11) is 0. The number of aromatic nitrogens is 4. The molecule has 0 unspecified atom stereocenters. The summed E-state index contributed by atoms with van der Waals surface area (Å²) in [5.74, 6) is 1.85. The van der Waals surface area contributed by atoms with Crippen molar-refractivity contribution in [3.8, 4) is 11.6 Å². The maximum absolute atomic E-state index is 5.12. The Labute approximate surface area is 80.5 Å². The van der Waals surface area contributed by atoms with Crippen LogP contribution in [0.5, 0.6) is 0 Å². The van der Waals surface area contributed by atoms with Gasteiger partial charge in [-0.1, -0.05) is 5.16 Å². The highest BCUT2D eigenvalue weighted by Gasteiger charge is 2.29. The first-order valence-corrected chi connectivity index (χ1v) is 4.69. The molecule has 0 bridgehead atoms. The van der Waals surface area contributed by atoms with Crippen molar-refractivity contribution in [2.75, 3.05) is 0 Å². The highest BCUT2D eigenvalue weighted by Crippen LogP contribution is 2.38. The van der Waals surface area contributed by atoms with E-state index in [0.717, 1.165) is 17.2 Å². The maximum atomic E-state index is 5.12. The van der Waals surface area contributed by atoms with Gasteiger partial charge in [0.1, 0.15) is 0 Å². The van der Waals surface area contributed by atoms with Gasteiger partial charge in [0.25, 0.3) is 5.89 Å². The zero-order valence-corrected chi connectivity index (χ0v) is 7.82. The van der Waals surface area contributed by atoms with Crippen LogP contribution in [0.2, 0.25) is 0 Å². The van der Waals surface area contributed by atoms with Gasteiger partial charge in [-0.25, -0.2) is 0 Å². The van der Waals surface area contributed by atoms with Crippen LogP contribution in [0, 0.1) is 6.92 Å². The lowest BCUT2D eigenvalue weighted by Crippen LogP contribution is -1.82. The molecule has 3 rings (SSSR count). The van der Waals surface area contributed by atoms with Gasteiger partial charge in [-0.15, -0.1) is 0 Å². The van der Waals surface area contributed by atoms with E-state index in [0.29, 0.717) is 11.8 Å². The number of hydrogen-bond donors (Lipinski definition) is 1.